The molecule has 0 spiro atoms. The van der Waals surface area contributed by atoms with Crippen molar-refractivity contribution in [3.63, 3.8) is 0 Å². The molecule has 0 N–H and O–H groups in total. The Bertz CT molecular complexity index is 266. The summed E-state index contributed by atoms with van der Waals surface area (Å²) in [4.78, 5) is 22.2. The van der Waals surface area contributed by atoms with E-state index in [9.17, 15) is 9.59 Å². The summed E-state index contributed by atoms with van der Waals surface area (Å²) in [6.45, 7) is 8.56. The second-order valence-corrected chi connectivity index (χ2v) is 10.1. The molecule has 0 heterocycles. The molecule has 0 aromatic heterocycles. The van der Waals surface area contributed by atoms with Gasteiger partial charge < -0.3 is 9.47 Å². The summed E-state index contributed by atoms with van der Waals surface area (Å²) in [5, 5.41) is 0. The van der Waals surface area contributed by atoms with Gasteiger partial charge in [-0.2, -0.15) is 0 Å². The molecule has 0 bridgehead atoms. The summed E-state index contributed by atoms with van der Waals surface area (Å²) in [5.74, 6) is -0.998. The van der Waals surface area contributed by atoms with E-state index < -0.39 is 20.0 Å². The Kier molecular flexibility index (Phi) is 6.72. The lowest BCUT2D eigenvalue weighted by atomic mass is 10.5. The third kappa shape index (κ3) is 9.45. The fourth-order valence-corrected chi connectivity index (χ4v) is 1.30. The van der Waals surface area contributed by atoms with Crippen molar-refractivity contribution in [3.05, 3.63) is 12.2 Å². The molecular formula is C11H20O4Si. The number of hydrogen-bond donors (Lipinski definition) is 0. The van der Waals surface area contributed by atoms with Crippen molar-refractivity contribution >= 4 is 20.0 Å². The molecule has 0 saturated heterocycles. The molecule has 0 rings (SSSR count). The van der Waals surface area contributed by atoms with Gasteiger partial charge >= 0.3 is 11.9 Å². The van der Waals surface area contributed by atoms with Crippen LogP contribution in [-0.4, -0.2) is 32.8 Å². The van der Waals surface area contributed by atoms with Crippen LogP contribution in [0.5, 0.6) is 0 Å². The van der Waals surface area contributed by atoms with E-state index in [4.69, 9.17) is 9.47 Å². The fourth-order valence-electron chi connectivity index (χ4n) is 0.723. The summed E-state index contributed by atoms with van der Waals surface area (Å²) >= 11 is 0. The number of carbonyl (C=O) groups is 2. The topological polar surface area (TPSA) is 52.6 Å². The molecule has 4 nitrogen and oxygen atoms in total. The van der Waals surface area contributed by atoms with Crippen LogP contribution in [0.4, 0.5) is 0 Å². The number of hydrogen-bond acceptors (Lipinski definition) is 4. The molecule has 0 fully saturated rings. The number of esters is 2. The van der Waals surface area contributed by atoms with E-state index in [1.165, 1.54) is 0 Å². The highest BCUT2D eigenvalue weighted by molar-refractivity contribution is 6.76. The Balaban J connectivity index is 3.86. The van der Waals surface area contributed by atoms with Crippen molar-refractivity contribution in [2.24, 2.45) is 0 Å². The van der Waals surface area contributed by atoms with Crippen LogP contribution in [0, 0.1) is 0 Å². The maximum atomic E-state index is 11.2. The third-order valence-corrected chi connectivity index (χ3v) is 2.46. The summed E-state index contributed by atoms with van der Waals surface area (Å²) in [5.41, 5.74) is 0. The minimum atomic E-state index is -1.39. The maximum absolute atomic E-state index is 11.2. The van der Waals surface area contributed by atoms with Crippen molar-refractivity contribution in [2.45, 2.75) is 33.0 Å². The minimum absolute atomic E-state index is 0.368. The highest BCUT2D eigenvalue weighted by Crippen LogP contribution is 2.00. The van der Waals surface area contributed by atoms with E-state index in [-0.39, 0.29) is 0 Å². The molecule has 0 unspecified atom stereocenters. The lowest BCUT2D eigenvalue weighted by molar-refractivity contribution is -0.139. The van der Waals surface area contributed by atoms with Gasteiger partial charge in [0.1, 0.15) is 0 Å². The summed E-state index contributed by atoms with van der Waals surface area (Å²) in [6.07, 6.45) is 3.43. The fraction of sp³-hybridized carbons (Fsp3) is 0.636. The predicted molar refractivity (Wildman–Crippen MR) is 64.7 cm³/mol. The second-order valence-electron chi connectivity index (χ2n) is 4.67. The molecule has 0 aliphatic carbocycles. The molecule has 0 amide bonds. The van der Waals surface area contributed by atoms with Crippen LogP contribution in [0.2, 0.25) is 19.6 Å². The van der Waals surface area contributed by atoms with E-state index >= 15 is 0 Å². The lowest BCUT2D eigenvalue weighted by Crippen LogP contribution is -2.29. The highest BCUT2D eigenvalue weighted by atomic mass is 28.3. The first-order valence-electron chi connectivity index (χ1n) is 5.37. The molecular weight excluding hydrogens is 224 g/mol. The van der Waals surface area contributed by atoms with Crippen LogP contribution < -0.4 is 0 Å². The molecule has 0 saturated carbocycles. The molecule has 0 radical (unpaired) electrons. The van der Waals surface area contributed by atoms with Gasteiger partial charge in [0.15, 0.2) is 0 Å². The molecule has 0 aliphatic rings. The molecule has 0 aromatic rings. The summed E-state index contributed by atoms with van der Waals surface area (Å²) < 4.78 is 9.75. The summed E-state index contributed by atoms with van der Waals surface area (Å²) in [6, 6.07) is 0. The average Bonchev–Trinajstić information content (AvgIpc) is 2.19. The predicted octanol–water partition coefficient (Wildman–Crippen LogP) is 1.92. The number of ether oxygens (including phenoxy) is 2. The van der Waals surface area contributed by atoms with E-state index in [0.717, 1.165) is 18.6 Å². The first kappa shape index (κ1) is 14.9. The van der Waals surface area contributed by atoms with E-state index in [2.05, 4.69) is 19.6 Å². The van der Waals surface area contributed by atoms with Crippen molar-refractivity contribution in [3.8, 4) is 0 Å². The Morgan fingerprint density at radius 2 is 1.56 bits per heavy atom. The standard InChI is InChI=1S/C11H20O4Si/c1-5-8-14-10(12)6-7-11(13)15-9-16(2,3)4/h6-7H,5,8-9H2,1-4H3/b7-6+. The van der Waals surface area contributed by atoms with Gasteiger partial charge in [-0.25, -0.2) is 9.59 Å². The monoisotopic (exact) mass is 244 g/mol. The molecule has 0 aromatic carbocycles. The Labute approximate surface area is 97.6 Å². The third-order valence-electron chi connectivity index (χ3n) is 1.45. The lowest BCUT2D eigenvalue weighted by Gasteiger charge is -2.14. The molecule has 16 heavy (non-hydrogen) atoms. The van der Waals surface area contributed by atoms with Crippen LogP contribution >= 0.6 is 0 Å². The van der Waals surface area contributed by atoms with Crippen LogP contribution in [0.15, 0.2) is 12.2 Å². The normalized spacial score (nSPS) is 11.5. The second kappa shape index (κ2) is 7.22. The van der Waals surface area contributed by atoms with Gasteiger partial charge in [0.2, 0.25) is 0 Å². The first-order chi connectivity index (χ1) is 7.35. The van der Waals surface area contributed by atoms with Gasteiger partial charge in [-0.15, -0.1) is 0 Å². The van der Waals surface area contributed by atoms with E-state index in [1.807, 2.05) is 6.92 Å². The van der Waals surface area contributed by atoms with Gasteiger partial charge in [-0.3, -0.25) is 0 Å². The zero-order valence-electron chi connectivity index (χ0n) is 10.4. The summed E-state index contributed by atoms with van der Waals surface area (Å²) in [7, 11) is -1.39. The molecule has 0 atom stereocenters. The average molecular weight is 244 g/mol. The van der Waals surface area contributed by atoms with Crippen molar-refractivity contribution in [1.82, 2.24) is 0 Å². The maximum Gasteiger partial charge on any atom is 0.331 e. The zero-order chi connectivity index (χ0) is 12.6. The van der Waals surface area contributed by atoms with Gasteiger partial charge in [-0.05, 0) is 6.42 Å². The number of rotatable bonds is 6. The largest absolute Gasteiger partial charge is 0.466 e. The van der Waals surface area contributed by atoms with Crippen LogP contribution in [0.25, 0.3) is 0 Å². The van der Waals surface area contributed by atoms with Gasteiger partial charge in [0, 0.05) is 12.2 Å². The van der Waals surface area contributed by atoms with Gasteiger partial charge in [-0.1, -0.05) is 26.6 Å². The Morgan fingerprint density at radius 3 is 2.00 bits per heavy atom. The number of carbonyl (C=O) groups excluding carboxylic acids is 2. The highest BCUT2D eigenvalue weighted by Gasteiger charge is 2.15. The van der Waals surface area contributed by atoms with E-state index in [1.54, 1.807) is 0 Å². The van der Waals surface area contributed by atoms with Crippen molar-refractivity contribution < 1.29 is 19.1 Å². The van der Waals surface area contributed by atoms with Crippen molar-refractivity contribution in [1.29, 1.82) is 0 Å². The zero-order valence-corrected chi connectivity index (χ0v) is 11.4. The first-order valence-corrected chi connectivity index (χ1v) is 9.07. The quantitative estimate of drug-likeness (QED) is 0.407. The van der Waals surface area contributed by atoms with Crippen LogP contribution in [0.1, 0.15) is 13.3 Å². The molecule has 5 heteroatoms. The van der Waals surface area contributed by atoms with Gasteiger partial charge in [0.05, 0.1) is 20.9 Å². The SMILES string of the molecule is CCCOC(=O)/C=C/C(=O)OC[Si](C)(C)C. The molecule has 92 valence electrons. The Hall–Kier alpha value is -1.10. The minimum Gasteiger partial charge on any atom is -0.466 e. The Morgan fingerprint density at radius 1 is 1.06 bits per heavy atom. The molecule has 0 aliphatic heterocycles. The smallest absolute Gasteiger partial charge is 0.331 e. The van der Waals surface area contributed by atoms with Crippen LogP contribution in [0.3, 0.4) is 0 Å². The van der Waals surface area contributed by atoms with E-state index in [0.29, 0.717) is 12.8 Å². The van der Waals surface area contributed by atoms with Crippen LogP contribution in [-0.2, 0) is 19.1 Å². The van der Waals surface area contributed by atoms with Crippen molar-refractivity contribution in [2.75, 3.05) is 12.8 Å². The van der Waals surface area contributed by atoms with Gasteiger partial charge in [0.25, 0.3) is 0 Å².